The predicted octanol–water partition coefficient (Wildman–Crippen LogP) is 3.67. The molecule has 2 saturated heterocycles. The summed E-state index contributed by atoms with van der Waals surface area (Å²) in [6.07, 6.45) is 4.47. The highest BCUT2D eigenvalue weighted by molar-refractivity contribution is 8.26. The molecule has 0 bridgehead atoms. The lowest BCUT2D eigenvalue weighted by Gasteiger charge is -2.32. The average Bonchev–Trinajstić information content (AvgIpc) is 3.18. The Morgan fingerprint density at radius 2 is 1.86 bits per heavy atom. The van der Waals surface area contributed by atoms with Crippen molar-refractivity contribution in [3.8, 4) is 0 Å². The molecule has 0 spiro atoms. The molecule has 1 atom stereocenters. The fourth-order valence-electron chi connectivity index (χ4n) is 4.87. The number of aromatic nitrogens is 2. The molecule has 10 heteroatoms. The summed E-state index contributed by atoms with van der Waals surface area (Å²) in [6.45, 7) is 4.91. The Hall–Kier alpha value is -3.50. The standard InChI is InChI=1S/C27H27N5O3S2/c1-16-7-6-12-31-23(16)29-24(30-13-10-19(11-14-30)22(28)33)20(25(31)34)15-21-26(35)32(27(36)37-21)17(2)18-8-4-3-5-9-18/h3-9,12,15,17,19H,10-11,13-14H2,1-2H3,(H2,28,33). The minimum absolute atomic E-state index is 0.196. The van der Waals surface area contributed by atoms with Gasteiger partial charge in [-0.05, 0) is 50.0 Å². The van der Waals surface area contributed by atoms with Crippen molar-refractivity contribution in [1.82, 2.24) is 14.3 Å². The van der Waals surface area contributed by atoms with Gasteiger partial charge in [0.05, 0.1) is 16.5 Å². The van der Waals surface area contributed by atoms with Crippen molar-refractivity contribution < 1.29 is 9.59 Å². The van der Waals surface area contributed by atoms with E-state index in [4.69, 9.17) is 22.9 Å². The quantitative estimate of drug-likeness (QED) is 0.395. The lowest BCUT2D eigenvalue weighted by molar-refractivity contribution is -0.123. The van der Waals surface area contributed by atoms with E-state index in [-0.39, 0.29) is 29.3 Å². The van der Waals surface area contributed by atoms with Gasteiger partial charge in [0.2, 0.25) is 5.91 Å². The molecule has 4 heterocycles. The Morgan fingerprint density at radius 1 is 1.16 bits per heavy atom. The number of aryl methyl sites for hydroxylation is 1. The van der Waals surface area contributed by atoms with Gasteiger partial charge in [-0.1, -0.05) is 60.4 Å². The third kappa shape index (κ3) is 4.67. The number of nitrogens with two attached hydrogens (primary N) is 1. The van der Waals surface area contributed by atoms with Gasteiger partial charge >= 0.3 is 0 Å². The molecule has 8 nitrogen and oxygen atoms in total. The number of benzene rings is 1. The van der Waals surface area contributed by atoms with E-state index in [2.05, 4.69) is 0 Å². The fourth-order valence-corrected chi connectivity index (χ4v) is 6.27. The molecular formula is C27H27N5O3S2. The monoisotopic (exact) mass is 533 g/mol. The minimum Gasteiger partial charge on any atom is -0.369 e. The van der Waals surface area contributed by atoms with Crippen molar-refractivity contribution in [3.63, 3.8) is 0 Å². The number of pyridine rings is 1. The molecule has 37 heavy (non-hydrogen) atoms. The maximum absolute atomic E-state index is 13.7. The highest BCUT2D eigenvalue weighted by Crippen LogP contribution is 2.38. The van der Waals surface area contributed by atoms with Crippen LogP contribution < -0.4 is 16.2 Å². The molecular weight excluding hydrogens is 506 g/mol. The van der Waals surface area contributed by atoms with E-state index in [1.165, 1.54) is 16.2 Å². The minimum atomic E-state index is -0.307. The van der Waals surface area contributed by atoms with Crippen LogP contribution in [0.3, 0.4) is 0 Å². The van der Waals surface area contributed by atoms with E-state index in [9.17, 15) is 14.4 Å². The van der Waals surface area contributed by atoms with E-state index >= 15 is 0 Å². The van der Waals surface area contributed by atoms with Gasteiger partial charge < -0.3 is 10.6 Å². The van der Waals surface area contributed by atoms with Crippen molar-refractivity contribution in [2.45, 2.75) is 32.7 Å². The van der Waals surface area contributed by atoms with Gasteiger partial charge in [-0.3, -0.25) is 23.7 Å². The number of thioether (sulfide) groups is 1. The second-order valence-corrected chi connectivity index (χ2v) is 11.0. The number of primary amides is 1. The molecule has 1 aromatic carbocycles. The number of carbonyl (C=O) groups is 2. The Bertz CT molecular complexity index is 1490. The predicted molar refractivity (Wildman–Crippen MR) is 150 cm³/mol. The lowest BCUT2D eigenvalue weighted by Crippen LogP contribution is -2.40. The average molecular weight is 534 g/mol. The molecule has 0 saturated carbocycles. The van der Waals surface area contributed by atoms with Gasteiger partial charge in [-0.2, -0.15) is 0 Å². The molecule has 190 valence electrons. The molecule has 2 aliphatic heterocycles. The SMILES string of the molecule is Cc1cccn2c(=O)c(C=C3SC(=S)N(C(C)c4ccccc4)C3=O)c(N3CCC(C(N)=O)CC3)nc12. The van der Waals surface area contributed by atoms with Crippen molar-refractivity contribution in [1.29, 1.82) is 0 Å². The van der Waals surface area contributed by atoms with E-state index < -0.39 is 0 Å². The molecule has 1 unspecified atom stereocenters. The molecule has 3 aromatic rings. The molecule has 2 fully saturated rings. The second-order valence-electron chi connectivity index (χ2n) is 9.34. The number of piperidine rings is 1. The Balaban J connectivity index is 1.57. The number of carbonyl (C=O) groups excluding carboxylic acids is 2. The molecule has 0 aliphatic carbocycles. The van der Waals surface area contributed by atoms with Crippen LogP contribution in [0.1, 0.15) is 42.5 Å². The van der Waals surface area contributed by atoms with Gasteiger partial charge in [0.25, 0.3) is 11.5 Å². The third-order valence-corrected chi connectivity index (χ3v) is 8.36. The normalized spacial score (nSPS) is 18.7. The van der Waals surface area contributed by atoms with Gasteiger partial charge in [0, 0.05) is 25.2 Å². The number of thiocarbonyl (C=S) groups is 1. The van der Waals surface area contributed by atoms with Gasteiger partial charge in [-0.15, -0.1) is 0 Å². The van der Waals surface area contributed by atoms with Crippen molar-refractivity contribution in [3.05, 3.63) is 80.6 Å². The number of fused-ring (bicyclic) bond motifs is 1. The molecule has 0 radical (unpaired) electrons. The van der Waals surface area contributed by atoms with E-state index in [1.54, 1.807) is 23.2 Å². The highest BCUT2D eigenvalue weighted by atomic mass is 32.2. The maximum atomic E-state index is 13.7. The Labute approximate surface area is 224 Å². The van der Waals surface area contributed by atoms with E-state index in [0.717, 1.165) is 11.1 Å². The Morgan fingerprint density at radius 3 is 2.54 bits per heavy atom. The van der Waals surface area contributed by atoms with Crippen LogP contribution in [-0.4, -0.2) is 43.5 Å². The third-order valence-electron chi connectivity index (χ3n) is 7.03. The number of hydrogen-bond donors (Lipinski definition) is 1. The first-order chi connectivity index (χ1) is 17.8. The first-order valence-corrected chi connectivity index (χ1v) is 13.4. The molecule has 5 rings (SSSR count). The summed E-state index contributed by atoms with van der Waals surface area (Å²) in [6, 6.07) is 13.2. The highest BCUT2D eigenvalue weighted by Gasteiger charge is 2.37. The molecule has 2 aliphatic rings. The largest absolute Gasteiger partial charge is 0.369 e. The molecule has 2 N–H and O–H groups in total. The first-order valence-electron chi connectivity index (χ1n) is 12.1. The van der Waals surface area contributed by atoms with Gasteiger partial charge in [0.15, 0.2) is 0 Å². The van der Waals surface area contributed by atoms with Crippen LogP contribution in [0.15, 0.2) is 58.4 Å². The van der Waals surface area contributed by atoms with Crippen molar-refractivity contribution in [2.24, 2.45) is 11.7 Å². The summed E-state index contributed by atoms with van der Waals surface area (Å²) in [5, 5.41) is 0. The summed E-state index contributed by atoms with van der Waals surface area (Å²) in [5.74, 6) is -0.237. The zero-order chi connectivity index (χ0) is 26.3. The summed E-state index contributed by atoms with van der Waals surface area (Å²) >= 11 is 6.77. The lowest BCUT2D eigenvalue weighted by atomic mass is 9.96. The number of nitrogens with zero attached hydrogens (tertiary/aromatic N) is 4. The van der Waals surface area contributed by atoms with Crippen LogP contribution >= 0.6 is 24.0 Å². The van der Waals surface area contributed by atoms with Crippen molar-refractivity contribution in [2.75, 3.05) is 18.0 Å². The second kappa shape index (κ2) is 10.1. The zero-order valence-electron chi connectivity index (χ0n) is 20.6. The van der Waals surface area contributed by atoms with Crippen LogP contribution in [-0.2, 0) is 9.59 Å². The van der Waals surface area contributed by atoms with Crippen molar-refractivity contribution >= 4 is 57.7 Å². The number of amides is 2. The summed E-state index contributed by atoms with van der Waals surface area (Å²) in [7, 11) is 0. The first kappa shape index (κ1) is 25.2. The summed E-state index contributed by atoms with van der Waals surface area (Å²) in [5.41, 5.74) is 7.98. The fraction of sp³-hybridized carbons (Fsp3) is 0.296. The molecule has 2 aromatic heterocycles. The smallest absolute Gasteiger partial charge is 0.267 e. The van der Waals surface area contributed by atoms with Crippen LogP contribution in [0.25, 0.3) is 11.7 Å². The van der Waals surface area contributed by atoms with Crippen LogP contribution in [0.2, 0.25) is 0 Å². The van der Waals surface area contributed by atoms with Gasteiger partial charge in [0.1, 0.15) is 15.8 Å². The summed E-state index contributed by atoms with van der Waals surface area (Å²) < 4.78 is 1.95. The number of hydrogen-bond acceptors (Lipinski definition) is 7. The summed E-state index contributed by atoms with van der Waals surface area (Å²) in [4.78, 5) is 47.8. The van der Waals surface area contributed by atoms with Crippen LogP contribution in [0, 0.1) is 12.8 Å². The zero-order valence-corrected chi connectivity index (χ0v) is 22.2. The van der Waals surface area contributed by atoms with Crippen LogP contribution in [0.5, 0.6) is 0 Å². The number of anilines is 1. The maximum Gasteiger partial charge on any atom is 0.267 e. The topological polar surface area (TPSA) is 101 Å². The Kier molecular flexibility index (Phi) is 6.87. The van der Waals surface area contributed by atoms with E-state index in [0.29, 0.717) is 52.2 Å². The number of rotatable bonds is 5. The molecule has 2 amide bonds. The van der Waals surface area contributed by atoms with Gasteiger partial charge in [-0.25, -0.2) is 4.98 Å². The van der Waals surface area contributed by atoms with Crippen LogP contribution in [0.4, 0.5) is 5.82 Å². The van der Waals surface area contributed by atoms with E-state index in [1.807, 2.05) is 55.1 Å².